The highest BCUT2D eigenvalue weighted by Crippen LogP contribution is 2.70. The fraction of sp³-hybridized carbons (Fsp3) is 0.261. The van der Waals surface area contributed by atoms with Gasteiger partial charge in [-0.25, -0.2) is 0 Å². The van der Waals surface area contributed by atoms with Gasteiger partial charge in [0, 0.05) is 16.9 Å². The Kier molecular flexibility index (Phi) is 4.40. The molecule has 2 aromatic rings. The maximum atomic E-state index is 9.51. The summed E-state index contributed by atoms with van der Waals surface area (Å²) in [5.41, 5.74) is 5.95. The van der Waals surface area contributed by atoms with Crippen molar-refractivity contribution in [3.05, 3.63) is 83.5 Å². The molecule has 3 heteroatoms. The first-order chi connectivity index (χ1) is 12.6. The lowest BCUT2D eigenvalue weighted by molar-refractivity contribution is 0.644. The lowest BCUT2D eigenvalue weighted by Crippen LogP contribution is -2.06. The average molecular weight is 452 g/mol. The van der Waals surface area contributed by atoms with E-state index in [4.69, 9.17) is 0 Å². The maximum absolute atomic E-state index is 9.51. The van der Waals surface area contributed by atoms with Crippen LogP contribution < -0.4 is 3.11 Å². The quantitative estimate of drug-likeness (QED) is 0.392. The van der Waals surface area contributed by atoms with Crippen LogP contribution in [0.4, 0.5) is 11.4 Å². The molecule has 0 spiro atoms. The lowest BCUT2D eigenvalue weighted by Gasteiger charge is -2.21. The number of fused-ring (bicyclic) bond motifs is 1. The van der Waals surface area contributed by atoms with Gasteiger partial charge in [-0.1, -0.05) is 56.3 Å². The molecule has 2 nitrogen and oxygen atoms in total. The van der Waals surface area contributed by atoms with Crippen LogP contribution in [0.25, 0.3) is 0 Å². The van der Waals surface area contributed by atoms with E-state index >= 15 is 0 Å². The van der Waals surface area contributed by atoms with Crippen LogP contribution in [0.3, 0.4) is 0 Å². The van der Waals surface area contributed by atoms with Crippen molar-refractivity contribution in [2.45, 2.75) is 26.2 Å². The Morgan fingerprint density at radius 2 is 2.00 bits per heavy atom. The Morgan fingerprint density at radius 3 is 2.77 bits per heavy atom. The van der Waals surface area contributed by atoms with Crippen molar-refractivity contribution in [2.75, 3.05) is 3.11 Å². The first-order valence-electron chi connectivity index (χ1n) is 9.04. The summed E-state index contributed by atoms with van der Waals surface area (Å²) in [4.78, 5) is 0. The molecule has 0 heterocycles. The van der Waals surface area contributed by atoms with Crippen molar-refractivity contribution in [1.29, 1.82) is 5.26 Å². The molecular weight excluding hydrogens is 431 g/mol. The smallest absolute Gasteiger partial charge is 0.0953 e. The van der Waals surface area contributed by atoms with Crippen LogP contribution in [0.2, 0.25) is 0 Å². The molecule has 0 aliphatic heterocycles. The monoisotopic (exact) mass is 452 g/mol. The number of nitrogens with zero attached hydrogens (tertiary/aromatic N) is 2. The second-order valence-electron chi connectivity index (χ2n) is 7.22. The molecule has 0 saturated heterocycles. The number of hydrogen-bond acceptors (Lipinski definition) is 2. The third kappa shape index (κ3) is 2.59. The molecule has 0 amide bonds. The van der Waals surface area contributed by atoms with Gasteiger partial charge in [0.15, 0.2) is 0 Å². The summed E-state index contributed by atoms with van der Waals surface area (Å²) in [5.74, 6) is 0.821. The topological polar surface area (TPSA) is 27.0 Å². The largest absolute Gasteiger partial charge is 0.283 e. The summed E-state index contributed by atoms with van der Waals surface area (Å²) in [6.07, 6.45) is 7.28. The van der Waals surface area contributed by atoms with E-state index in [-0.39, 0.29) is 5.41 Å². The highest BCUT2D eigenvalue weighted by atomic mass is 127. The van der Waals surface area contributed by atoms with Crippen molar-refractivity contribution in [3.63, 3.8) is 0 Å². The zero-order valence-electron chi connectivity index (χ0n) is 15.0. The first kappa shape index (κ1) is 17.4. The second kappa shape index (κ2) is 6.59. The minimum atomic E-state index is -0.0421. The van der Waals surface area contributed by atoms with E-state index < -0.39 is 0 Å². The standard InChI is InChI=1S/C23H21IN2/c1-3-16-8-4-5-13-21(16)26(24)19-11-6-9-17(14-19)22-20-12-7-10-18(15-25)23(20,22)2/h4-14,20,22H,3H2,1-2H3. The molecule has 130 valence electrons. The van der Waals surface area contributed by atoms with Gasteiger partial charge in [0.2, 0.25) is 0 Å². The van der Waals surface area contributed by atoms with Gasteiger partial charge in [-0.2, -0.15) is 5.26 Å². The molecule has 0 N–H and O–H groups in total. The SMILES string of the molecule is CCc1ccccc1N(I)c1cccc(C2C3C=CC=C(C#N)C32C)c1. The van der Waals surface area contributed by atoms with E-state index in [0.717, 1.165) is 12.0 Å². The van der Waals surface area contributed by atoms with Crippen LogP contribution >= 0.6 is 22.9 Å². The van der Waals surface area contributed by atoms with Gasteiger partial charge < -0.3 is 0 Å². The van der Waals surface area contributed by atoms with Gasteiger partial charge in [-0.05, 0) is 47.7 Å². The highest BCUT2D eigenvalue weighted by Gasteiger charge is 2.63. The molecule has 1 fully saturated rings. The molecule has 3 unspecified atom stereocenters. The molecule has 2 aliphatic rings. The number of allylic oxidation sites excluding steroid dienone is 4. The third-order valence-electron chi connectivity index (χ3n) is 5.91. The second-order valence-corrected chi connectivity index (χ2v) is 8.19. The highest BCUT2D eigenvalue weighted by molar-refractivity contribution is 14.1. The summed E-state index contributed by atoms with van der Waals surface area (Å²) in [7, 11) is 0. The van der Waals surface area contributed by atoms with Crippen molar-refractivity contribution in [1.82, 2.24) is 0 Å². The summed E-state index contributed by atoms with van der Waals surface area (Å²) in [6.45, 7) is 4.42. The number of hydrogen-bond donors (Lipinski definition) is 0. The fourth-order valence-electron chi connectivity index (χ4n) is 4.35. The van der Waals surface area contributed by atoms with Crippen LogP contribution in [-0.4, -0.2) is 0 Å². The van der Waals surface area contributed by atoms with Gasteiger partial charge in [0.05, 0.1) is 40.3 Å². The Bertz CT molecular complexity index is 953. The predicted molar refractivity (Wildman–Crippen MR) is 116 cm³/mol. The van der Waals surface area contributed by atoms with E-state index in [1.165, 1.54) is 22.5 Å². The predicted octanol–water partition coefficient (Wildman–Crippen LogP) is 6.48. The minimum absolute atomic E-state index is 0.0421. The maximum Gasteiger partial charge on any atom is 0.0953 e. The zero-order chi connectivity index (χ0) is 18.3. The number of halogens is 1. The Morgan fingerprint density at radius 1 is 1.19 bits per heavy atom. The van der Waals surface area contributed by atoms with Crippen LogP contribution in [0.5, 0.6) is 0 Å². The third-order valence-corrected chi connectivity index (χ3v) is 6.99. The van der Waals surface area contributed by atoms with Gasteiger partial charge in [0.25, 0.3) is 0 Å². The summed E-state index contributed by atoms with van der Waals surface area (Å²) < 4.78 is 2.24. The molecule has 26 heavy (non-hydrogen) atoms. The van der Waals surface area contributed by atoms with E-state index in [9.17, 15) is 5.26 Å². The number of anilines is 2. The molecular formula is C23H21IN2. The van der Waals surface area contributed by atoms with Gasteiger partial charge >= 0.3 is 0 Å². The molecule has 2 aliphatic carbocycles. The molecule has 3 atom stereocenters. The van der Waals surface area contributed by atoms with E-state index in [0.29, 0.717) is 11.8 Å². The van der Waals surface area contributed by atoms with Crippen LogP contribution in [0, 0.1) is 22.7 Å². The van der Waals surface area contributed by atoms with Crippen molar-refractivity contribution < 1.29 is 0 Å². The molecule has 2 aromatic carbocycles. The average Bonchev–Trinajstić information content (AvgIpc) is 3.32. The minimum Gasteiger partial charge on any atom is -0.283 e. The molecule has 0 aromatic heterocycles. The van der Waals surface area contributed by atoms with Crippen LogP contribution in [0.15, 0.2) is 72.3 Å². The van der Waals surface area contributed by atoms with Gasteiger partial charge in [0.1, 0.15) is 0 Å². The molecule has 1 saturated carbocycles. The van der Waals surface area contributed by atoms with E-state index in [1.807, 2.05) is 12.2 Å². The van der Waals surface area contributed by atoms with E-state index in [2.05, 4.69) is 101 Å². The Hall–Kier alpha value is -2.06. The van der Waals surface area contributed by atoms with E-state index in [1.54, 1.807) is 0 Å². The fourth-order valence-corrected chi connectivity index (χ4v) is 5.12. The zero-order valence-corrected chi connectivity index (χ0v) is 17.1. The van der Waals surface area contributed by atoms with Crippen molar-refractivity contribution in [2.24, 2.45) is 11.3 Å². The number of aryl methyl sites for hydroxylation is 1. The lowest BCUT2D eigenvalue weighted by atomic mass is 9.90. The molecule has 0 radical (unpaired) electrons. The Balaban J connectivity index is 1.68. The van der Waals surface area contributed by atoms with Crippen molar-refractivity contribution >= 4 is 34.2 Å². The summed E-state index contributed by atoms with van der Waals surface area (Å²) >= 11 is 2.39. The number of rotatable bonds is 4. The Labute approximate surface area is 169 Å². The normalized spacial score (nSPS) is 25.8. The van der Waals surface area contributed by atoms with Crippen LogP contribution in [0.1, 0.15) is 30.9 Å². The first-order valence-corrected chi connectivity index (χ1v) is 10.0. The van der Waals surface area contributed by atoms with Gasteiger partial charge in [-0.3, -0.25) is 3.11 Å². The van der Waals surface area contributed by atoms with Crippen LogP contribution in [-0.2, 0) is 6.42 Å². The summed E-state index contributed by atoms with van der Waals surface area (Å²) in [5, 5.41) is 9.51. The molecule has 0 bridgehead atoms. The van der Waals surface area contributed by atoms with Gasteiger partial charge in [-0.15, -0.1) is 0 Å². The number of para-hydroxylation sites is 1. The summed E-state index contributed by atoms with van der Waals surface area (Å²) in [6, 6.07) is 19.8. The number of benzene rings is 2. The molecule has 4 rings (SSSR count). The number of nitriles is 1. The van der Waals surface area contributed by atoms with Crippen molar-refractivity contribution in [3.8, 4) is 6.07 Å².